The Morgan fingerprint density at radius 1 is 1.58 bits per heavy atom. The Bertz CT molecular complexity index is 115. The average Bonchev–Trinajstić information content (AvgIpc) is 2.84. The van der Waals surface area contributed by atoms with E-state index in [1.807, 2.05) is 13.8 Å². The Kier molecular flexibility index (Phi) is 5.98. The highest BCUT2D eigenvalue weighted by Crippen LogP contribution is 2.13. The first-order valence-electron chi connectivity index (χ1n) is 4.17. The van der Waals surface area contributed by atoms with Crippen molar-refractivity contribution in [1.29, 1.82) is 0 Å². The van der Waals surface area contributed by atoms with Gasteiger partial charge in [0, 0.05) is 6.92 Å². The van der Waals surface area contributed by atoms with Crippen LogP contribution in [0.3, 0.4) is 0 Å². The first-order chi connectivity index (χ1) is 5.61. The second-order valence-corrected chi connectivity index (χ2v) is 2.91. The van der Waals surface area contributed by atoms with E-state index in [1.165, 1.54) is 0 Å². The van der Waals surface area contributed by atoms with Gasteiger partial charge in [0.25, 0.3) is 0 Å². The van der Waals surface area contributed by atoms with Gasteiger partial charge in [-0.05, 0) is 13.8 Å². The van der Waals surface area contributed by atoms with Crippen LogP contribution in [0.25, 0.3) is 0 Å². The number of epoxide rings is 2. The smallest absolute Gasteiger partial charge is 0.228 e. The third-order valence-electron chi connectivity index (χ3n) is 1.23. The Labute approximate surface area is 74.2 Å². The summed E-state index contributed by atoms with van der Waals surface area (Å²) in [4.78, 5) is 0. The Hall–Kier alpha value is -0.380. The quantitative estimate of drug-likeness (QED) is 0.236. The van der Waals surface area contributed by atoms with Gasteiger partial charge in [0.1, 0.15) is 0 Å². The van der Waals surface area contributed by atoms with E-state index in [-0.39, 0.29) is 6.10 Å². The highest BCUT2D eigenvalue weighted by molar-refractivity contribution is 4.61. The number of allylic oxidation sites excluding steroid dienone is 1. The van der Waals surface area contributed by atoms with Crippen LogP contribution in [0.15, 0.2) is 12.7 Å². The van der Waals surface area contributed by atoms with E-state index in [9.17, 15) is 5.26 Å². The van der Waals surface area contributed by atoms with Gasteiger partial charge in [-0.25, -0.2) is 0 Å². The summed E-state index contributed by atoms with van der Waals surface area (Å²) in [7, 11) is 0. The molecule has 0 spiro atoms. The zero-order chi connectivity index (χ0) is 9.56. The van der Waals surface area contributed by atoms with Crippen molar-refractivity contribution in [3.63, 3.8) is 0 Å². The van der Waals surface area contributed by atoms with Crippen LogP contribution in [-0.4, -0.2) is 25.4 Å². The van der Waals surface area contributed by atoms with Gasteiger partial charge in [0.15, 0.2) is 0 Å². The van der Waals surface area contributed by atoms with E-state index in [1.54, 1.807) is 10.6 Å². The summed E-state index contributed by atoms with van der Waals surface area (Å²) in [5.74, 6) is 0. The van der Waals surface area contributed by atoms with Crippen LogP contribution in [-0.2, 0) is 9.25 Å². The fourth-order valence-corrected chi connectivity index (χ4v) is 0.288. The van der Waals surface area contributed by atoms with Crippen LogP contribution in [0, 0.1) is 0 Å². The monoisotopic (exact) mass is 174 g/mol. The molecule has 0 radical (unpaired) electrons. The SMILES string of the molecule is C=CC.CC1CO1.CC1C[O+]1[O-]. The second kappa shape index (κ2) is 6.17. The van der Waals surface area contributed by atoms with Gasteiger partial charge in [0.05, 0.1) is 12.7 Å². The van der Waals surface area contributed by atoms with Crippen LogP contribution < -0.4 is 5.26 Å². The lowest BCUT2D eigenvalue weighted by atomic mass is 10.6. The largest absolute Gasteiger partial charge is 0.534 e. The highest BCUT2D eigenvalue weighted by Gasteiger charge is 2.31. The first kappa shape index (κ1) is 11.6. The van der Waals surface area contributed by atoms with E-state index in [4.69, 9.17) is 4.74 Å². The van der Waals surface area contributed by atoms with E-state index in [0.717, 1.165) is 6.61 Å². The van der Waals surface area contributed by atoms with E-state index < -0.39 is 0 Å². The minimum atomic E-state index is 0.245. The van der Waals surface area contributed by atoms with Crippen LogP contribution in [0.2, 0.25) is 0 Å². The summed E-state index contributed by atoms with van der Waals surface area (Å²) in [6.45, 7) is 10.8. The van der Waals surface area contributed by atoms with Gasteiger partial charge in [-0.15, -0.1) is 6.58 Å². The summed E-state index contributed by atoms with van der Waals surface area (Å²) in [5.41, 5.74) is 0. The van der Waals surface area contributed by atoms with E-state index >= 15 is 0 Å². The van der Waals surface area contributed by atoms with Crippen LogP contribution in [0.5, 0.6) is 0 Å². The Morgan fingerprint density at radius 3 is 1.75 bits per heavy atom. The topological polar surface area (TPSA) is 38.3 Å². The number of hydrogen-bond acceptors (Lipinski definition) is 2. The zero-order valence-corrected chi connectivity index (χ0v) is 8.08. The first-order valence-corrected chi connectivity index (χ1v) is 4.17. The fraction of sp³-hybridized carbons (Fsp3) is 0.778. The van der Waals surface area contributed by atoms with Gasteiger partial charge >= 0.3 is 0 Å². The summed E-state index contributed by atoms with van der Waals surface area (Å²) in [6, 6.07) is 0. The molecule has 0 N–H and O–H groups in total. The predicted octanol–water partition coefficient (Wildman–Crippen LogP) is 0.813. The molecule has 0 aromatic heterocycles. The zero-order valence-electron chi connectivity index (χ0n) is 8.08. The molecule has 2 rings (SSSR count). The number of rotatable bonds is 0. The van der Waals surface area contributed by atoms with Crippen molar-refractivity contribution < 1.29 is 14.5 Å². The normalized spacial score (nSPS) is 30.3. The Morgan fingerprint density at radius 2 is 1.75 bits per heavy atom. The van der Waals surface area contributed by atoms with Gasteiger partial charge in [-0.1, -0.05) is 6.08 Å². The van der Waals surface area contributed by atoms with Gasteiger partial charge < -0.3 is 14.5 Å². The molecule has 2 atom stereocenters. The van der Waals surface area contributed by atoms with Crippen LogP contribution >= 0.6 is 0 Å². The molecular weight excluding hydrogens is 156 g/mol. The summed E-state index contributed by atoms with van der Waals surface area (Å²) < 4.78 is 6.37. The molecule has 0 aromatic rings. The molecule has 2 fully saturated rings. The Balaban J connectivity index is 0.000000158. The molecule has 12 heavy (non-hydrogen) atoms. The van der Waals surface area contributed by atoms with Gasteiger partial charge in [-0.2, -0.15) is 0 Å². The van der Waals surface area contributed by atoms with Crippen molar-refractivity contribution in [2.45, 2.75) is 33.0 Å². The van der Waals surface area contributed by atoms with Gasteiger partial charge in [-0.3, -0.25) is 0 Å². The molecule has 2 aliphatic rings. The fourth-order valence-electron chi connectivity index (χ4n) is 0.288. The molecule has 2 aliphatic heterocycles. The minimum absolute atomic E-state index is 0.245. The maximum Gasteiger partial charge on any atom is 0.228 e. The molecular formula is C9H18O3. The van der Waals surface area contributed by atoms with Crippen molar-refractivity contribution in [3.05, 3.63) is 12.7 Å². The third-order valence-corrected chi connectivity index (χ3v) is 1.23. The van der Waals surface area contributed by atoms with E-state index in [0.29, 0.717) is 12.7 Å². The van der Waals surface area contributed by atoms with Crippen LogP contribution in [0.1, 0.15) is 20.8 Å². The van der Waals surface area contributed by atoms with E-state index in [2.05, 4.69) is 13.5 Å². The lowest BCUT2D eigenvalue weighted by Gasteiger charge is -1.88. The molecule has 0 aromatic carbocycles. The number of hydrogen-bond donors (Lipinski definition) is 0. The predicted molar refractivity (Wildman–Crippen MR) is 46.7 cm³/mol. The maximum atomic E-state index is 9.72. The molecule has 2 unspecified atom stereocenters. The molecule has 3 nitrogen and oxygen atoms in total. The molecule has 2 heterocycles. The minimum Gasteiger partial charge on any atom is -0.534 e. The highest BCUT2D eigenvalue weighted by atomic mass is 17.3. The maximum absolute atomic E-state index is 9.72. The van der Waals surface area contributed by atoms with Crippen molar-refractivity contribution in [2.75, 3.05) is 13.2 Å². The molecule has 0 saturated carbocycles. The molecule has 0 aliphatic carbocycles. The molecule has 2 saturated heterocycles. The van der Waals surface area contributed by atoms with Crippen molar-refractivity contribution in [1.82, 2.24) is 0 Å². The second-order valence-electron chi connectivity index (χ2n) is 2.91. The van der Waals surface area contributed by atoms with Crippen LogP contribution in [0.4, 0.5) is 0 Å². The summed E-state index contributed by atoms with van der Waals surface area (Å²) in [6.07, 6.45) is 2.58. The van der Waals surface area contributed by atoms with Crippen molar-refractivity contribution in [2.24, 2.45) is 0 Å². The van der Waals surface area contributed by atoms with Crippen molar-refractivity contribution >= 4 is 0 Å². The lowest BCUT2D eigenvalue weighted by Crippen LogP contribution is -2.04. The molecule has 0 bridgehead atoms. The summed E-state index contributed by atoms with van der Waals surface area (Å²) in [5, 5.41) is 9.72. The molecule has 0 amide bonds. The average molecular weight is 174 g/mol. The molecule has 3 heteroatoms. The van der Waals surface area contributed by atoms with Gasteiger partial charge in [0.2, 0.25) is 12.7 Å². The number of ether oxygens (including phenoxy) is 1. The lowest BCUT2D eigenvalue weighted by molar-refractivity contribution is -0.736. The third kappa shape index (κ3) is 9.62. The molecule has 72 valence electrons. The standard InChI is InChI=1S/C3H6O2.C3H6O.C3H6/c1-3-2-5(3)4;1-3-2-4-3;1-3-2/h3H,2H2,1H3;3H,2H2,1H3;3H,1H2,2H3. The summed E-state index contributed by atoms with van der Waals surface area (Å²) >= 11 is 0. The van der Waals surface area contributed by atoms with Crippen molar-refractivity contribution in [3.8, 4) is 0 Å².